The second-order valence-electron chi connectivity index (χ2n) is 6.19. The first kappa shape index (κ1) is 16.3. The van der Waals surface area contributed by atoms with Gasteiger partial charge < -0.3 is 10.2 Å². The molecular formula is C17H25ClN2O. The summed E-state index contributed by atoms with van der Waals surface area (Å²) in [6.07, 6.45) is 4.55. The van der Waals surface area contributed by atoms with Crippen LogP contribution in [0.5, 0.6) is 0 Å². The molecule has 1 amide bonds. The molecule has 21 heavy (non-hydrogen) atoms. The normalized spacial score (nSPS) is 21.3. The van der Waals surface area contributed by atoms with Crippen molar-refractivity contribution in [3.63, 3.8) is 0 Å². The maximum atomic E-state index is 12.8. The molecule has 1 fully saturated rings. The van der Waals surface area contributed by atoms with E-state index >= 15 is 0 Å². The predicted molar refractivity (Wildman–Crippen MR) is 87.7 cm³/mol. The number of fused-ring (bicyclic) bond motifs is 1. The number of carbonyl (C=O) groups excluding carboxylic acids is 1. The van der Waals surface area contributed by atoms with E-state index in [0.29, 0.717) is 18.0 Å². The number of nitrogens with zero attached hydrogens (tertiary/aromatic N) is 1. The maximum Gasteiger partial charge on any atom is 0.227 e. The molecule has 3 nitrogen and oxygen atoms in total. The lowest BCUT2D eigenvalue weighted by molar-refractivity contribution is -0.138. The summed E-state index contributed by atoms with van der Waals surface area (Å²) in [6.45, 7) is 2.80. The minimum atomic E-state index is 0. The Hall–Kier alpha value is -1.06. The molecule has 4 heteroatoms. The van der Waals surface area contributed by atoms with Gasteiger partial charge in [0.2, 0.25) is 5.91 Å². The van der Waals surface area contributed by atoms with Gasteiger partial charge in [-0.3, -0.25) is 4.79 Å². The van der Waals surface area contributed by atoms with Crippen molar-refractivity contribution in [2.45, 2.75) is 44.7 Å². The van der Waals surface area contributed by atoms with Crippen molar-refractivity contribution in [3.05, 3.63) is 35.4 Å². The van der Waals surface area contributed by atoms with Crippen molar-refractivity contribution in [2.75, 3.05) is 13.6 Å². The van der Waals surface area contributed by atoms with Gasteiger partial charge in [-0.15, -0.1) is 12.4 Å². The smallest absolute Gasteiger partial charge is 0.227 e. The number of nitrogens with one attached hydrogen (secondary N) is 1. The van der Waals surface area contributed by atoms with Gasteiger partial charge in [-0.1, -0.05) is 31.2 Å². The van der Waals surface area contributed by atoms with Crippen LogP contribution in [-0.2, 0) is 11.2 Å². The van der Waals surface area contributed by atoms with E-state index in [9.17, 15) is 4.79 Å². The van der Waals surface area contributed by atoms with Gasteiger partial charge in [0.25, 0.3) is 0 Å². The van der Waals surface area contributed by atoms with E-state index in [1.807, 2.05) is 14.0 Å². The Balaban J connectivity index is 0.00000161. The first-order chi connectivity index (χ1) is 9.72. The molecule has 2 atom stereocenters. The van der Waals surface area contributed by atoms with E-state index in [1.54, 1.807) is 0 Å². The Morgan fingerprint density at radius 2 is 2.05 bits per heavy atom. The Kier molecular flexibility index (Phi) is 5.28. The van der Waals surface area contributed by atoms with Crippen LogP contribution in [0, 0.1) is 5.92 Å². The molecule has 0 aromatic heterocycles. The van der Waals surface area contributed by atoms with Gasteiger partial charge in [0.05, 0.1) is 6.04 Å². The first-order valence-electron chi connectivity index (χ1n) is 7.77. The highest BCUT2D eigenvalue weighted by molar-refractivity contribution is 5.85. The van der Waals surface area contributed by atoms with Crippen molar-refractivity contribution >= 4 is 18.3 Å². The molecule has 0 radical (unpaired) electrons. The summed E-state index contributed by atoms with van der Waals surface area (Å²) in [6, 6.07) is 9.42. The van der Waals surface area contributed by atoms with E-state index in [1.165, 1.54) is 24.0 Å². The van der Waals surface area contributed by atoms with Gasteiger partial charge in [-0.2, -0.15) is 0 Å². The van der Waals surface area contributed by atoms with Gasteiger partial charge in [-0.05, 0) is 43.9 Å². The molecule has 0 aliphatic heterocycles. The molecule has 2 aliphatic rings. The number of amides is 1. The lowest BCUT2D eigenvalue weighted by Gasteiger charge is -2.32. The van der Waals surface area contributed by atoms with Crippen LogP contribution in [0.1, 0.15) is 43.4 Å². The Morgan fingerprint density at radius 1 is 1.33 bits per heavy atom. The van der Waals surface area contributed by atoms with Gasteiger partial charge in [0.15, 0.2) is 0 Å². The fourth-order valence-electron chi connectivity index (χ4n) is 3.41. The highest BCUT2D eigenvalue weighted by Crippen LogP contribution is 2.42. The van der Waals surface area contributed by atoms with E-state index in [4.69, 9.17) is 0 Å². The van der Waals surface area contributed by atoms with E-state index < -0.39 is 0 Å². The SMILES string of the molecule is CNCC(C)C(=O)N(C1CC1)C1CCc2ccccc21.Cl. The predicted octanol–water partition coefficient (Wildman–Crippen LogP) is 2.94. The van der Waals surface area contributed by atoms with Crippen molar-refractivity contribution in [2.24, 2.45) is 5.92 Å². The molecule has 1 aromatic rings. The molecule has 0 spiro atoms. The van der Waals surface area contributed by atoms with Gasteiger partial charge in [0, 0.05) is 18.5 Å². The fraction of sp³-hybridized carbons (Fsp3) is 0.588. The Bertz CT molecular complexity index is 501. The van der Waals surface area contributed by atoms with Crippen LogP contribution in [0.2, 0.25) is 0 Å². The second-order valence-corrected chi connectivity index (χ2v) is 6.19. The standard InChI is InChI=1S/C17H24N2O.ClH/c1-12(11-18-2)17(20)19(14-8-9-14)16-10-7-13-5-3-4-6-15(13)16;/h3-6,12,14,16,18H,7-11H2,1-2H3;1H. The Morgan fingerprint density at radius 3 is 2.71 bits per heavy atom. The van der Waals surface area contributed by atoms with Crippen LogP contribution in [0.15, 0.2) is 24.3 Å². The van der Waals surface area contributed by atoms with Crippen LogP contribution in [0.4, 0.5) is 0 Å². The summed E-state index contributed by atoms with van der Waals surface area (Å²) in [5.41, 5.74) is 2.81. The summed E-state index contributed by atoms with van der Waals surface area (Å²) in [4.78, 5) is 15.0. The van der Waals surface area contributed by atoms with E-state index in [-0.39, 0.29) is 18.3 Å². The number of rotatable bonds is 5. The molecule has 0 saturated heterocycles. The average molecular weight is 309 g/mol. The molecule has 3 rings (SSSR count). The van der Waals surface area contributed by atoms with Gasteiger partial charge >= 0.3 is 0 Å². The summed E-state index contributed by atoms with van der Waals surface area (Å²) < 4.78 is 0. The lowest BCUT2D eigenvalue weighted by Crippen LogP contribution is -2.41. The van der Waals surface area contributed by atoms with Crippen LogP contribution >= 0.6 is 12.4 Å². The van der Waals surface area contributed by atoms with Crippen molar-refractivity contribution in [1.29, 1.82) is 0 Å². The monoisotopic (exact) mass is 308 g/mol. The minimum Gasteiger partial charge on any atom is -0.332 e. The van der Waals surface area contributed by atoms with E-state index in [0.717, 1.165) is 19.4 Å². The quantitative estimate of drug-likeness (QED) is 0.907. The number of hydrogen-bond donors (Lipinski definition) is 1. The maximum absolute atomic E-state index is 12.8. The zero-order valence-electron chi connectivity index (χ0n) is 12.8. The number of benzene rings is 1. The number of carbonyl (C=O) groups is 1. The van der Waals surface area contributed by atoms with E-state index in [2.05, 4.69) is 34.5 Å². The summed E-state index contributed by atoms with van der Waals surface area (Å²) in [5.74, 6) is 0.386. The molecule has 1 saturated carbocycles. The first-order valence-corrected chi connectivity index (χ1v) is 7.77. The van der Waals surface area contributed by atoms with Crippen LogP contribution in [-0.4, -0.2) is 30.4 Å². The van der Waals surface area contributed by atoms with Gasteiger partial charge in [-0.25, -0.2) is 0 Å². The Labute approximate surface area is 133 Å². The molecule has 2 unspecified atom stereocenters. The average Bonchev–Trinajstić information content (AvgIpc) is 3.20. The molecule has 0 bridgehead atoms. The number of aryl methyl sites for hydroxylation is 1. The molecule has 2 aliphatic carbocycles. The summed E-state index contributed by atoms with van der Waals surface area (Å²) in [5, 5.41) is 3.12. The lowest BCUT2D eigenvalue weighted by atomic mass is 10.0. The summed E-state index contributed by atoms with van der Waals surface area (Å²) in [7, 11) is 1.91. The van der Waals surface area contributed by atoms with Crippen LogP contribution in [0.25, 0.3) is 0 Å². The van der Waals surface area contributed by atoms with Crippen molar-refractivity contribution in [3.8, 4) is 0 Å². The third kappa shape index (κ3) is 3.24. The third-order valence-corrected chi connectivity index (χ3v) is 4.56. The fourth-order valence-corrected chi connectivity index (χ4v) is 3.41. The molecule has 1 aromatic carbocycles. The number of halogens is 1. The van der Waals surface area contributed by atoms with Gasteiger partial charge in [0.1, 0.15) is 0 Å². The van der Waals surface area contributed by atoms with Crippen molar-refractivity contribution in [1.82, 2.24) is 10.2 Å². The van der Waals surface area contributed by atoms with Crippen LogP contribution < -0.4 is 5.32 Å². The highest BCUT2D eigenvalue weighted by atomic mass is 35.5. The third-order valence-electron chi connectivity index (χ3n) is 4.56. The topological polar surface area (TPSA) is 32.3 Å². The molecular weight excluding hydrogens is 284 g/mol. The minimum absolute atomic E-state index is 0. The largest absolute Gasteiger partial charge is 0.332 e. The summed E-state index contributed by atoms with van der Waals surface area (Å²) >= 11 is 0. The molecule has 116 valence electrons. The zero-order chi connectivity index (χ0) is 14.1. The van der Waals surface area contributed by atoms with Crippen LogP contribution in [0.3, 0.4) is 0 Å². The molecule has 0 heterocycles. The zero-order valence-corrected chi connectivity index (χ0v) is 13.7. The highest BCUT2D eigenvalue weighted by Gasteiger charge is 2.41. The second kappa shape index (κ2) is 6.80. The molecule has 1 N–H and O–H groups in total. The van der Waals surface area contributed by atoms with Crippen molar-refractivity contribution < 1.29 is 4.79 Å². The number of hydrogen-bond acceptors (Lipinski definition) is 2.